The summed E-state index contributed by atoms with van der Waals surface area (Å²) >= 11 is 0. The Balaban J connectivity index is 1.82. The number of hydrogen-bond donors (Lipinski definition) is 0. The largest absolute Gasteiger partial charge is 0.339 e. The van der Waals surface area contributed by atoms with Gasteiger partial charge in [-0.15, -0.1) is 0 Å². The van der Waals surface area contributed by atoms with Crippen LogP contribution in [0.5, 0.6) is 0 Å². The van der Waals surface area contributed by atoms with Crippen molar-refractivity contribution in [2.24, 2.45) is 5.92 Å². The van der Waals surface area contributed by atoms with Crippen LogP contribution in [0.4, 0.5) is 0 Å². The van der Waals surface area contributed by atoms with Crippen molar-refractivity contribution in [1.29, 1.82) is 0 Å². The molecule has 0 aromatic heterocycles. The summed E-state index contributed by atoms with van der Waals surface area (Å²) in [4.78, 5) is 26.7. The first-order chi connectivity index (χ1) is 7.18. The van der Waals surface area contributed by atoms with Gasteiger partial charge < -0.3 is 9.80 Å². The number of hydrogen-bond acceptors (Lipinski definition) is 2. The van der Waals surface area contributed by atoms with Gasteiger partial charge in [0, 0.05) is 39.0 Å². The fourth-order valence-corrected chi connectivity index (χ4v) is 2.16. The van der Waals surface area contributed by atoms with Gasteiger partial charge in [0.25, 0.3) is 0 Å². The molecule has 0 aromatic rings. The minimum absolute atomic E-state index is 0.116. The van der Waals surface area contributed by atoms with E-state index in [1.54, 1.807) is 6.92 Å². The Morgan fingerprint density at radius 2 is 1.53 bits per heavy atom. The maximum absolute atomic E-state index is 11.9. The molecule has 2 aliphatic rings. The molecule has 1 saturated carbocycles. The van der Waals surface area contributed by atoms with E-state index in [1.165, 1.54) is 6.42 Å². The SMILES string of the molecule is CC(=O)N1CCN(C(=O)C2CCC2)CC1. The number of carbonyl (C=O) groups excluding carboxylic acids is 2. The number of piperazine rings is 1. The monoisotopic (exact) mass is 210 g/mol. The maximum atomic E-state index is 11.9. The van der Waals surface area contributed by atoms with Crippen LogP contribution in [0.3, 0.4) is 0 Å². The summed E-state index contributed by atoms with van der Waals surface area (Å²) in [6.45, 7) is 4.43. The van der Waals surface area contributed by atoms with Crippen LogP contribution >= 0.6 is 0 Å². The van der Waals surface area contributed by atoms with E-state index in [2.05, 4.69) is 0 Å². The molecule has 2 rings (SSSR count). The Labute approximate surface area is 90.2 Å². The van der Waals surface area contributed by atoms with Crippen molar-refractivity contribution >= 4 is 11.8 Å². The van der Waals surface area contributed by atoms with Crippen LogP contribution in [0.25, 0.3) is 0 Å². The van der Waals surface area contributed by atoms with E-state index < -0.39 is 0 Å². The van der Waals surface area contributed by atoms with E-state index in [0.29, 0.717) is 19.0 Å². The molecule has 1 heterocycles. The van der Waals surface area contributed by atoms with E-state index in [9.17, 15) is 9.59 Å². The van der Waals surface area contributed by atoms with E-state index in [0.717, 1.165) is 25.9 Å². The quantitative estimate of drug-likeness (QED) is 0.631. The van der Waals surface area contributed by atoms with Gasteiger partial charge in [-0.1, -0.05) is 6.42 Å². The molecule has 0 bridgehead atoms. The molecule has 4 heteroatoms. The van der Waals surface area contributed by atoms with Crippen molar-refractivity contribution in [1.82, 2.24) is 9.80 Å². The summed E-state index contributed by atoms with van der Waals surface area (Å²) in [5, 5.41) is 0. The molecule has 1 aliphatic heterocycles. The zero-order valence-electron chi connectivity index (χ0n) is 9.24. The summed E-state index contributed by atoms with van der Waals surface area (Å²) < 4.78 is 0. The van der Waals surface area contributed by atoms with E-state index >= 15 is 0 Å². The van der Waals surface area contributed by atoms with Crippen LogP contribution in [-0.2, 0) is 9.59 Å². The van der Waals surface area contributed by atoms with E-state index in [4.69, 9.17) is 0 Å². The van der Waals surface area contributed by atoms with Crippen LogP contribution in [0.15, 0.2) is 0 Å². The van der Waals surface area contributed by atoms with Crippen molar-refractivity contribution in [2.45, 2.75) is 26.2 Å². The highest BCUT2D eigenvalue weighted by molar-refractivity contribution is 5.80. The molecule has 0 radical (unpaired) electrons. The first-order valence-corrected chi connectivity index (χ1v) is 5.73. The van der Waals surface area contributed by atoms with Crippen molar-refractivity contribution in [3.63, 3.8) is 0 Å². The lowest BCUT2D eigenvalue weighted by Gasteiger charge is -2.37. The van der Waals surface area contributed by atoms with E-state index in [-0.39, 0.29) is 11.8 Å². The Morgan fingerprint density at radius 1 is 1.00 bits per heavy atom. The molecule has 84 valence electrons. The zero-order valence-corrected chi connectivity index (χ0v) is 9.24. The van der Waals surface area contributed by atoms with Crippen LogP contribution in [0, 0.1) is 5.92 Å². The Kier molecular flexibility index (Phi) is 2.93. The van der Waals surface area contributed by atoms with Gasteiger partial charge in [-0.3, -0.25) is 9.59 Å². The van der Waals surface area contributed by atoms with Gasteiger partial charge in [0.15, 0.2) is 0 Å². The lowest BCUT2D eigenvalue weighted by molar-refractivity contribution is -0.143. The molecule has 0 aromatic carbocycles. The predicted octanol–water partition coefficient (Wildman–Crippen LogP) is 0.477. The third-order valence-corrected chi connectivity index (χ3v) is 3.49. The van der Waals surface area contributed by atoms with Crippen molar-refractivity contribution in [3.05, 3.63) is 0 Å². The Morgan fingerprint density at radius 3 is 1.93 bits per heavy atom. The second-order valence-corrected chi connectivity index (χ2v) is 4.46. The van der Waals surface area contributed by atoms with Crippen molar-refractivity contribution in [3.8, 4) is 0 Å². The molecular formula is C11H18N2O2. The minimum Gasteiger partial charge on any atom is -0.339 e. The summed E-state index contributed by atoms with van der Waals surface area (Å²) in [5.41, 5.74) is 0. The summed E-state index contributed by atoms with van der Waals surface area (Å²) in [6, 6.07) is 0. The molecule has 15 heavy (non-hydrogen) atoms. The third-order valence-electron chi connectivity index (χ3n) is 3.49. The van der Waals surface area contributed by atoms with Gasteiger partial charge in [-0.05, 0) is 12.8 Å². The first-order valence-electron chi connectivity index (χ1n) is 5.73. The van der Waals surface area contributed by atoms with Crippen LogP contribution in [-0.4, -0.2) is 47.8 Å². The lowest BCUT2D eigenvalue weighted by Crippen LogP contribution is -2.52. The highest BCUT2D eigenvalue weighted by Gasteiger charge is 2.31. The highest BCUT2D eigenvalue weighted by Crippen LogP contribution is 2.28. The second kappa shape index (κ2) is 4.21. The predicted molar refractivity (Wildman–Crippen MR) is 56.2 cm³/mol. The molecule has 1 aliphatic carbocycles. The molecule has 2 fully saturated rings. The topological polar surface area (TPSA) is 40.6 Å². The molecule has 1 saturated heterocycles. The maximum Gasteiger partial charge on any atom is 0.225 e. The van der Waals surface area contributed by atoms with E-state index in [1.807, 2.05) is 9.80 Å². The Bertz CT molecular complexity index is 266. The van der Waals surface area contributed by atoms with Crippen molar-refractivity contribution in [2.75, 3.05) is 26.2 Å². The smallest absolute Gasteiger partial charge is 0.225 e. The summed E-state index contributed by atoms with van der Waals surface area (Å²) in [7, 11) is 0. The zero-order chi connectivity index (χ0) is 10.8. The molecule has 0 N–H and O–H groups in total. The minimum atomic E-state index is 0.116. The number of carbonyl (C=O) groups is 2. The molecule has 4 nitrogen and oxygen atoms in total. The van der Waals surface area contributed by atoms with Gasteiger partial charge in [0.2, 0.25) is 11.8 Å². The van der Waals surface area contributed by atoms with Gasteiger partial charge >= 0.3 is 0 Å². The average molecular weight is 210 g/mol. The normalized spacial score (nSPS) is 22.5. The van der Waals surface area contributed by atoms with Crippen LogP contribution in [0.2, 0.25) is 0 Å². The number of rotatable bonds is 1. The molecular weight excluding hydrogens is 192 g/mol. The fourth-order valence-electron chi connectivity index (χ4n) is 2.16. The number of nitrogens with zero attached hydrogens (tertiary/aromatic N) is 2. The molecule has 0 atom stereocenters. The van der Waals surface area contributed by atoms with Crippen LogP contribution < -0.4 is 0 Å². The van der Waals surface area contributed by atoms with Gasteiger partial charge in [0.1, 0.15) is 0 Å². The summed E-state index contributed by atoms with van der Waals surface area (Å²) in [6.07, 6.45) is 3.32. The lowest BCUT2D eigenvalue weighted by atomic mass is 9.84. The number of amides is 2. The standard InChI is InChI=1S/C11H18N2O2/c1-9(14)12-5-7-13(8-6-12)11(15)10-3-2-4-10/h10H,2-8H2,1H3. The summed E-state index contributed by atoms with van der Waals surface area (Å²) in [5.74, 6) is 0.712. The third kappa shape index (κ3) is 2.13. The fraction of sp³-hybridized carbons (Fsp3) is 0.818. The van der Waals surface area contributed by atoms with Gasteiger partial charge in [0.05, 0.1) is 0 Å². The van der Waals surface area contributed by atoms with Crippen molar-refractivity contribution < 1.29 is 9.59 Å². The molecule has 0 unspecified atom stereocenters. The van der Waals surface area contributed by atoms with Gasteiger partial charge in [-0.25, -0.2) is 0 Å². The highest BCUT2D eigenvalue weighted by atomic mass is 16.2. The Hall–Kier alpha value is -1.06. The second-order valence-electron chi connectivity index (χ2n) is 4.46. The first kappa shape index (κ1) is 10.5. The molecule has 0 spiro atoms. The van der Waals surface area contributed by atoms with Crippen LogP contribution in [0.1, 0.15) is 26.2 Å². The molecule has 2 amide bonds. The van der Waals surface area contributed by atoms with Gasteiger partial charge in [-0.2, -0.15) is 0 Å². The average Bonchev–Trinajstić information content (AvgIpc) is 2.15.